The highest BCUT2D eigenvalue weighted by molar-refractivity contribution is 6.14. The smallest absolute Gasteiger partial charge is 0.164 e. The van der Waals surface area contributed by atoms with Crippen molar-refractivity contribution in [2.45, 2.75) is 0 Å². The Morgan fingerprint density at radius 1 is 0.242 bits per heavy atom. The van der Waals surface area contributed by atoms with Gasteiger partial charge in [0.05, 0.1) is 22.1 Å². The van der Waals surface area contributed by atoms with Gasteiger partial charge in [-0.1, -0.05) is 152 Å². The fourth-order valence-corrected chi connectivity index (χ4v) is 9.60. The summed E-state index contributed by atoms with van der Waals surface area (Å²) in [5.41, 5.74) is 9.68. The second-order valence-corrected chi connectivity index (χ2v) is 16.1. The van der Waals surface area contributed by atoms with Gasteiger partial charge in [-0.3, -0.25) is 0 Å². The second-order valence-electron chi connectivity index (χ2n) is 16.1. The van der Waals surface area contributed by atoms with Crippen LogP contribution in [-0.2, 0) is 0 Å². The van der Waals surface area contributed by atoms with E-state index in [1.54, 1.807) is 0 Å². The quantitative estimate of drug-likeness (QED) is 0.163. The van der Waals surface area contributed by atoms with Crippen molar-refractivity contribution < 1.29 is 0 Å². The van der Waals surface area contributed by atoms with Gasteiger partial charge >= 0.3 is 0 Å². The molecule has 3 heterocycles. The lowest BCUT2D eigenvalue weighted by atomic mass is 10.00. The zero-order valence-corrected chi connectivity index (χ0v) is 33.4. The summed E-state index contributed by atoms with van der Waals surface area (Å²) in [4.78, 5) is 15.4. The molecule has 13 aromatic rings. The van der Waals surface area contributed by atoms with Crippen LogP contribution < -0.4 is 0 Å². The van der Waals surface area contributed by atoms with Gasteiger partial charge in [-0.05, 0) is 93.0 Å². The number of benzene rings is 10. The van der Waals surface area contributed by atoms with Gasteiger partial charge in [-0.2, -0.15) is 0 Å². The predicted octanol–water partition coefficient (Wildman–Crippen LogP) is 14.5. The maximum atomic E-state index is 5.19. The van der Waals surface area contributed by atoms with Crippen molar-refractivity contribution >= 4 is 75.9 Å². The molecule has 0 atom stereocenters. The summed E-state index contributed by atoms with van der Waals surface area (Å²) in [6, 6.07) is 75.8. The minimum absolute atomic E-state index is 0.623. The Bertz CT molecular complexity index is 3880. The normalized spacial score (nSPS) is 11.9. The lowest BCUT2D eigenvalue weighted by molar-refractivity contribution is 1.07. The second kappa shape index (κ2) is 13.6. The summed E-state index contributed by atoms with van der Waals surface area (Å²) in [7, 11) is 0. The topological polar surface area (TPSA) is 48.5 Å². The van der Waals surface area contributed by atoms with Crippen molar-refractivity contribution in [1.29, 1.82) is 0 Å². The number of para-hydroxylation sites is 3. The number of nitrogens with zero attached hydrogens (tertiary/aromatic N) is 5. The van der Waals surface area contributed by atoms with Crippen LogP contribution in [0.25, 0.3) is 121 Å². The molecule has 10 aromatic carbocycles. The molecule has 0 saturated carbocycles. The Kier molecular flexibility index (Phi) is 7.54. The van der Waals surface area contributed by atoms with E-state index in [-0.39, 0.29) is 0 Å². The summed E-state index contributed by atoms with van der Waals surface area (Å²) >= 11 is 0. The fraction of sp³-hybridized carbons (Fsp3) is 0. The van der Waals surface area contributed by atoms with Gasteiger partial charge in [0.15, 0.2) is 17.5 Å². The van der Waals surface area contributed by atoms with Crippen LogP contribution in [-0.4, -0.2) is 24.1 Å². The summed E-state index contributed by atoms with van der Waals surface area (Å²) in [5, 5.41) is 12.1. The Hall–Kier alpha value is -8.41. The SMILES string of the molecule is c1ccc(-c2nc(-c3cccc(-n4c5ccccc5c5cc6cc(-n7c8ccccc8c8ccccc87)ccc6cc54)c3)nc(-c3ccc4c(ccc5ccccc54)c3)n2)cc1. The summed E-state index contributed by atoms with van der Waals surface area (Å²) in [5.74, 6) is 1.90. The Labute approximate surface area is 356 Å². The van der Waals surface area contributed by atoms with Crippen LogP contribution in [0.5, 0.6) is 0 Å². The van der Waals surface area contributed by atoms with Crippen LogP contribution in [0.4, 0.5) is 0 Å². The molecule has 0 N–H and O–H groups in total. The molecule has 288 valence electrons. The number of fused-ring (bicyclic) bond motifs is 10. The van der Waals surface area contributed by atoms with E-state index in [0.29, 0.717) is 17.5 Å². The van der Waals surface area contributed by atoms with Crippen LogP contribution in [0.2, 0.25) is 0 Å². The molecule has 0 unspecified atom stereocenters. The molecule has 13 rings (SSSR count). The maximum Gasteiger partial charge on any atom is 0.164 e. The largest absolute Gasteiger partial charge is 0.309 e. The molecule has 0 amide bonds. The van der Waals surface area contributed by atoms with Gasteiger partial charge in [0, 0.05) is 49.6 Å². The van der Waals surface area contributed by atoms with Crippen LogP contribution in [0.15, 0.2) is 212 Å². The van der Waals surface area contributed by atoms with Crippen molar-refractivity contribution in [1.82, 2.24) is 24.1 Å². The molecular weight excluding hydrogens is 755 g/mol. The first kappa shape index (κ1) is 34.5. The lowest BCUT2D eigenvalue weighted by Gasteiger charge is -2.13. The predicted molar refractivity (Wildman–Crippen MR) is 257 cm³/mol. The molecule has 0 fully saturated rings. The van der Waals surface area contributed by atoms with Crippen molar-refractivity contribution in [2.24, 2.45) is 0 Å². The molecule has 0 aliphatic carbocycles. The highest BCUT2D eigenvalue weighted by atomic mass is 15.0. The van der Waals surface area contributed by atoms with Crippen molar-refractivity contribution in [3.05, 3.63) is 212 Å². The van der Waals surface area contributed by atoms with E-state index in [9.17, 15) is 0 Å². The van der Waals surface area contributed by atoms with E-state index < -0.39 is 0 Å². The molecule has 5 nitrogen and oxygen atoms in total. The molecule has 3 aromatic heterocycles. The number of hydrogen-bond donors (Lipinski definition) is 0. The third kappa shape index (κ3) is 5.38. The number of aromatic nitrogens is 5. The van der Waals surface area contributed by atoms with Gasteiger partial charge < -0.3 is 9.13 Å². The summed E-state index contributed by atoms with van der Waals surface area (Å²) < 4.78 is 4.77. The minimum atomic E-state index is 0.623. The van der Waals surface area contributed by atoms with E-state index in [0.717, 1.165) is 44.5 Å². The monoisotopic (exact) mass is 789 g/mol. The highest BCUT2D eigenvalue weighted by Gasteiger charge is 2.18. The van der Waals surface area contributed by atoms with E-state index in [1.807, 2.05) is 18.2 Å². The summed E-state index contributed by atoms with van der Waals surface area (Å²) in [6.07, 6.45) is 0. The lowest BCUT2D eigenvalue weighted by Crippen LogP contribution is -2.01. The summed E-state index contributed by atoms with van der Waals surface area (Å²) in [6.45, 7) is 0. The average Bonchev–Trinajstić information content (AvgIpc) is 3.85. The van der Waals surface area contributed by atoms with Gasteiger partial charge in [0.1, 0.15) is 0 Å². The zero-order chi connectivity index (χ0) is 40.7. The third-order valence-electron chi connectivity index (χ3n) is 12.5. The van der Waals surface area contributed by atoms with Crippen LogP contribution in [0.3, 0.4) is 0 Å². The number of rotatable bonds is 5. The minimum Gasteiger partial charge on any atom is -0.309 e. The van der Waals surface area contributed by atoms with Crippen LogP contribution in [0, 0.1) is 0 Å². The Morgan fingerprint density at radius 2 is 0.758 bits per heavy atom. The Morgan fingerprint density at radius 3 is 1.48 bits per heavy atom. The third-order valence-corrected chi connectivity index (χ3v) is 12.5. The average molecular weight is 790 g/mol. The molecule has 0 radical (unpaired) electrons. The van der Waals surface area contributed by atoms with E-state index in [4.69, 9.17) is 15.0 Å². The highest BCUT2D eigenvalue weighted by Crippen LogP contribution is 2.38. The van der Waals surface area contributed by atoms with Crippen molar-refractivity contribution in [3.63, 3.8) is 0 Å². The standard InChI is InChI=1S/C57H35N5/c1-2-14-37(15-3-1)55-58-56(60-57(59-55)41-28-30-46-39(31-41)26-25-36-13-4-5-18-45(36)46)40-16-12-17-43(32-40)62-53-24-11-8-21-49(53)50-34-42-33-44(29-27-38(42)35-54(50)62)61-51-22-9-6-19-47(51)48-20-7-10-23-52(48)61/h1-35H. The van der Waals surface area contributed by atoms with Gasteiger partial charge in [-0.15, -0.1) is 0 Å². The van der Waals surface area contributed by atoms with Gasteiger partial charge in [-0.25, -0.2) is 15.0 Å². The first-order chi connectivity index (χ1) is 30.7. The van der Waals surface area contributed by atoms with Gasteiger partial charge in [0.2, 0.25) is 0 Å². The van der Waals surface area contributed by atoms with Gasteiger partial charge in [0.25, 0.3) is 0 Å². The number of hydrogen-bond acceptors (Lipinski definition) is 3. The van der Waals surface area contributed by atoms with Crippen molar-refractivity contribution in [3.8, 4) is 45.5 Å². The molecule has 0 aliphatic rings. The molecule has 62 heavy (non-hydrogen) atoms. The van der Waals surface area contributed by atoms with Crippen LogP contribution >= 0.6 is 0 Å². The maximum absolute atomic E-state index is 5.19. The first-order valence-corrected chi connectivity index (χ1v) is 21.0. The van der Waals surface area contributed by atoms with E-state index >= 15 is 0 Å². The molecule has 0 aliphatic heterocycles. The molecular formula is C57H35N5. The fourth-order valence-electron chi connectivity index (χ4n) is 9.60. The van der Waals surface area contributed by atoms with E-state index in [1.165, 1.54) is 59.5 Å². The molecule has 0 bridgehead atoms. The first-order valence-electron chi connectivity index (χ1n) is 21.0. The van der Waals surface area contributed by atoms with Crippen molar-refractivity contribution in [2.75, 3.05) is 0 Å². The zero-order valence-electron chi connectivity index (χ0n) is 33.4. The van der Waals surface area contributed by atoms with Crippen LogP contribution in [0.1, 0.15) is 0 Å². The Balaban J connectivity index is 0.963. The molecule has 5 heteroatoms. The van der Waals surface area contributed by atoms with E-state index in [2.05, 4.69) is 203 Å². The molecule has 0 spiro atoms. The molecule has 0 saturated heterocycles.